The Labute approximate surface area is 135 Å². The Morgan fingerprint density at radius 3 is 2.00 bits per heavy atom. The van der Waals surface area contributed by atoms with Crippen LogP contribution in [0.5, 0.6) is 0 Å². The van der Waals surface area contributed by atoms with Gasteiger partial charge in [0.15, 0.2) is 0 Å². The van der Waals surface area contributed by atoms with Crippen LogP contribution in [0.3, 0.4) is 0 Å². The molecule has 3 nitrogen and oxygen atoms in total. The van der Waals surface area contributed by atoms with Crippen molar-refractivity contribution in [3.05, 3.63) is 30.3 Å². The molecule has 0 aliphatic carbocycles. The molecule has 0 fully saturated rings. The topological polar surface area (TPSA) is 38.3 Å². The molecule has 0 aliphatic heterocycles. The molecule has 22 heavy (non-hydrogen) atoms. The lowest BCUT2D eigenvalue weighted by Crippen LogP contribution is -2.14. The third-order valence-corrected chi connectivity index (χ3v) is 3.75. The molecular formula is C19H31NO2. The van der Waals surface area contributed by atoms with Crippen LogP contribution in [0.15, 0.2) is 30.3 Å². The molecule has 1 rings (SSSR count). The van der Waals surface area contributed by atoms with E-state index in [1.54, 1.807) is 0 Å². The molecule has 1 aromatic carbocycles. The zero-order valence-corrected chi connectivity index (χ0v) is 14.0. The summed E-state index contributed by atoms with van der Waals surface area (Å²) in [5, 5.41) is 2.72. The molecule has 0 radical (unpaired) electrons. The van der Waals surface area contributed by atoms with E-state index in [0.29, 0.717) is 6.61 Å². The van der Waals surface area contributed by atoms with Gasteiger partial charge in [-0.2, -0.15) is 0 Å². The zero-order chi connectivity index (χ0) is 15.9. The number of hydrogen-bond donors (Lipinski definition) is 1. The monoisotopic (exact) mass is 305 g/mol. The first kappa shape index (κ1) is 18.5. The molecule has 0 saturated heterocycles. The van der Waals surface area contributed by atoms with E-state index in [1.165, 1.54) is 51.4 Å². The van der Waals surface area contributed by atoms with Crippen LogP contribution in [0.1, 0.15) is 71.1 Å². The number of amides is 1. The van der Waals surface area contributed by atoms with Crippen molar-refractivity contribution in [1.82, 2.24) is 0 Å². The van der Waals surface area contributed by atoms with Crippen LogP contribution in [-0.4, -0.2) is 12.7 Å². The smallest absolute Gasteiger partial charge is 0.411 e. The highest BCUT2D eigenvalue weighted by Crippen LogP contribution is 2.10. The first-order chi connectivity index (χ1) is 10.8. The number of unbranched alkanes of at least 4 members (excludes halogenated alkanes) is 9. The van der Waals surface area contributed by atoms with Crippen LogP contribution < -0.4 is 5.32 Å². The van der Waals surface area contributed by atoms with Crippen LogP contribution in [0.4, 0.5) is 10.5 Å². The molecule has 0 aromatic heterocycles. The average Bonchev–Trinajstić information content (AvgIpc) is 2.53. The van der Waals surface area contributed by atoms with E-state index in [-0.39, 0.29) is 6.09 Å². The van der Waals surface area contributed by atoms with E-state index in [4.69, 9.17) is 4.74 Å². The van der Waals surface area contributed by atoms with Gasteiger partial charge in [-0.1, -0.05) is 82.9 Å². The van der Waals surface area contributed by atoms with Crippen molar-refractivity contribution in [3.63, 3.8) is 0 Å². The summed E-state index contributed by atoms with van der Waals surface area (Å²) in [5.41, 5.74) is 0.774. The van der Waals surface area contributed by atoms with E-state index in [1.807, 2.05) is 30.3 Å². The number of nitrogens with one attached hydrogen (secondary N) is 1. The predicted molar refractivity (Wildman–Crippen MR) is 93.3 cm³/mol. The van der Waals surface area contributed by atoms with E-state index >= 15 is 0 Å². The highest BCUT2D eigenvalue weighted by atomic mass is 16.5. The summed E-state index contributed by atoms with van der Waals surface area (Å²) < 4.78 is 5.17. The lowest BCUT2D eigenvalue weighted by Gasteiger charge is -2.06. The summed E-state index contributed by atoms with van der Waals surface area (Å²) in [4.78, 5) is 11.5. The predicted octanol–water partition coefficient (Wildman–Crippen LogP) is 6.16. The standard InChI is InChI=1S/C19H31NO2/c1-2-3-4-5-6-7-8-9-10-14-17-22-19(21)20-18-15-12-11-13-16-18/h11-13,15-16H,2-10,14,17H2,1H3,(H,20,21). The number of carbonyl (C=O) groups excluding carboxylic acids is 1. The average molecular weight is 305 g/mol. The Bertz CT molecular complexity index is 378. The van der Waals surface area contributed by atoms with Gasteiger partial charge >= 0.3 is 6.09 Å². The Morgan fingerprint density at radius 1 is 0.864 bits per heavy atom. The van der Waals surface area contributed by atoms with Gasteiger partial charge in [-0.05, 0) is 18.6 Å². The molecule has 1 amide bonds. The summed E-state index contributed by atoms with van der Waals surface area (Å²) in [6.45, 7) is 2.76. The van der Waals surface area contributed by atoms with E-state index in [2.05, 4.69) is 12.2 Å². The third kappa shape index (κ3) is 10.3. The van der Waals surface area contributed by atoms with Gasteiger partial charge in [0.05, 0.1) is 6.61 Å². The molecule has 0 atom stereocenters. The van der Waals surface area contributed by atoms with Crippen LogP contribution in [-0.2, 0) is 4.74 Å². The van der Waals surface area contributed by atoms with Crippen molar-refractivity contribution in [1.29, 1.82) is 0 Å². The SMILES string of the molecule is CCCCCCCCCCCCOC(=O)Nc1ccccc1. The molecule has 0 heterocycles. The van der Waals surface area contributed by atoms with Crippen molar-refractivity contribution in [3.8, 4) is 0 Å². The van der Waals surface area contributed by atoms with Crippen molar-refractivity contribution < 1.29 is 9.53 Å². The normalized spacial score (nSPS) is 10.4. The van der Waals surface area contributed by atoms with Crippen LogP contribution >= 0.6 is 0 Å². The quantitative estimate of drug-likeness (QED) is 0.470. The molecule has 124 valence electrons. The Morgan fingerprint density at radius 2 is 1.41 bits per heavy atom. The summed E-state index contributed by atoms with van der Waals surface area (Å²) >= 11 is 0. The van der Waals surface area contributed by atoms with Gasteiger partial charge in [0, 0.05) is 5.69 Å². The Balaban J connectivity index is 1.86. The number of para-hydroxylation sites is 1. The Hall–Kier alpha value is -1.51. The first-order valence-corrected chi connectivity index (χ1v) is 8.81. The van der Waals surface area contributed by atoms with Crippen molar-refractivity contribution in [2.45, 2.75) is 71.1 Å². The summed E-state index contributed by atoms with van der Waals surface area (Å²) in [5.74, 6) is 0. The number of rotatable bonds is 12. The van der Waals surface area contributed by atoms with Gasteiger partial charge in [0.25, 0.3) is 0 Å². The van der Waals surface area contributed by atoms with Crippen molar-refractivity contribution in [2.24, 2.45) is 0 Å². The maximum Gasteiger partial charge on any atom is 0.411 e. The molecule has 3 heteroatoms. The minimum atomic E-state index is -0.359. The van der Waals surface area contributed by atoms with Crippen molar-refractivity contribution >= 4 is 11.8 Å². The number of carbonyl (C=O) groups is 1. The lowest BCUT2D eigenvalue weighted by molar-refractivity contribution is 0.159. The van der Waals surface area contributed by atoms with Gasteiger partial charge in [-0.25, -0.2) is 4.79 Å². The van der Waals surface area contributed by atoms with Gasteiger partial charge in [-0.3, -0.25) is 5.32 Å². The zero-order valence-electron chi connectivity index (χ0n) is 14.0. The van der Waals surface area contributed by atoms with Gasteiger partial charge in [-0.15, -0.1) is 0 Å². The summed E-state index contributed by atoms with van der Waals surface area (Å²) in [6, 6.07) is 9.39. The largest absolute Gasteiger partial charge is 0.449 e. The number of hydrogen-bond acceptors (Lipinski definition) is 2. The molecule has 1 N–H and O–H groups in total. The van der Waals surface area contributed by atoms with Crippen LogP contribution in [0.2, 0.25) is 0 Å². The minimum absolute atomic E-state index is 0.359. The maximum atomic E-state index is 11.5. The van der Waals surface area contributed by atoms with Gasteiger partial charge in [0.2, 0.25) is 0 Å². The van der Waals surface area contributed by atoms with Gasteiger partial charge in [0.1, 0.15) is 0 Å². The highest BCUT2D eigenvalue weighted by molar-refractivity contribution is 5.84. The fraction of sp³-hybridized carbons (Fsp3) is 0.632. The highest BCUT2D eigenvalue weighted by Gasteiger charge is 2.01. The molecule has 0 spiro atoms. The fourth-order valence-corrected chi connectivity index (χ4v) is 2.43. The summed E-state index contributed by atoms with van der Waals surface area (Å²) in [6.07, 6.45) is 12.5. The fourth-order valence-electron chi connectivity index (χ4n) is 2.43. The first-order valence-electron chi connectivity index (χ1n) is 8.81. The van der Waals surface area contributed by atoms with Gasteiger partial charge < -0.3 is 4.74 Å². The number of anilines is 1. The molecule has 0 unspecified atom stereocenters. The van der Waals surface area contributed by atoms with Crippen LogP contribution in [0.25, 0.3) is 0 Å². The molecule has 0 bridgehead atoms. The Kier molecular flexibility index (Phi) is 11.1. The lowest BCUT2D eigenvalue weighted by atomic mass is 10.1. The maximum absolute atomic E-state index is 11.5. The molecule has 0 saturated carbocycles. The van der Waals surface area contributed by atoms with Crippen molar-refractivity contribution in [2.75, 3.05) is 11.9 Å². The van der Waals surface area contributed by atoms with E-state index in [9.17, 15) is 4.79 Å². The number of benzene rings is 1. The second-order valence-corrected chi connectivity index (χ2v) is 5.81. The molecular weight excluding hydrogens is 274 g/mol. The minimum Gasteiger partial charge on any atom is -0.449 e. The molecule has 1 aromatic rings. The summed E-state index contributed by atoms with van der Waals surface area (Å²) in [7, 11) is 0. The second kappa shape index (κ2) is 13.2. The van der Waals surface area contributed by atoms with E-state index < -0.39 is 0 Å². The second-order valence-electron chi connectivity index (χ2n) is 5.81. The molecule has 0 aliphatic rings. The van der Waals surface area contributed by atoms with Crippen LogP contribution in [0, 0.1) is 0 Å². The third-order valence-electron chi connectivity index (χ3n) is 3.75. The number of ether oxygens (including phenoxy) is 1. The van der Waals surface area contributed by atoms with E-state index in [0.717, 1.165) is 18.5 Å².